The van der Waals surface area contributed by atoms with Gasteiger partial charge in [-0.3, -0.25) is 0 Å². The zero-order valence-electron chi connectivity index (χ0n) is 16.9. The molecular weight excluding hydrogens is 324 g/mol. The van der Waals surface area contributed by atoms with Gasteiger partial charge in [0.25, 0.3) is 8.32 Å². The molecule has 140 valence electrons. The van der Waals surface area contributed by atoms with E-state index in [0.29, 0.717) is 6.42 Å². The van der Waals surface area contributed by atoms with Crippen molar-refractivity contribution < 1.29 is 18.8 Å². The van der Waals surface area contributed by atoms with E-state index in [-0.39, 0.29) is 21.7 Å². The summed E-state index contributed by atoms with van der Waals surface area (Å²) < 4.78 is 10.8. The molecule has 0 aromatic carbocycles. The van der Waals surface area contributed by atoms with Crippen LogP contribution in [0.2, 0.25) is 15.1 Å². The van der Waals surface area contributed by atoms with Gasteiger partial charge in [0.2, 0.25) is 0 Å². The number of azo groups is 1. The third-order valence-corrected chi connectivity index (χ3v) is 10.9. The minimum Gasteiger partial charge on any atom is -0.499 e. The Labute approximate surface area is 147 Å². The first-order valence-electron chi connectivity index (χ1n) is 8.41. The molecule has 0 fully saturated rings. The summed E-state index contributed by atoms with van der Waals surface area (Å²) in [6, 6.07) is 0. The van der Waals surface area contributed by atoms with Crippen molar-refractivity contribution in [2.75, 3.05) is 6.61 Å². The highest BCUT2D eigenvalue weighted by molar-refractivity contribution is 6.83. The van der Waals surface area contributed by atoms with E-state index in [1.807, 2.05) is 6.92 Å². The second kappa shape index (κ2) is 7.76. The SMILES string of the molecule is CCCOC(=O)/N=N/C(=O)O[Si](C(C)(C)C)(C(C)(C)C)C(C)(C)C. The lowest BCUT2D eigenvalue weighted by Gasteiger charge is -2.56. The molecule has 0 aromatic heterocycles. The van der Waals surface area contributed by atoms with Crippen molar-refractivity contribution in [2.45, 2.75) is 90.8 Å². The Bertz CT molecular complexity index is 446. The molecule has 6 nitrogen and oxygen atoms in total. The summed E-state index contributed by atoms with van der Waals surface area (Å²) in [5.74, 6) is 0. The first-order valence-corrected chi connectivity index (χ1v) is 10.3. The molecule has 0 N–H and O–H groups in total. The van der Waals surface area contributed by atoms with Gasteiger partial charge in [-0.15, -0.1) is 0 Å². The van der Waals surface area contributed by atoms with Crippen LogP contribution in [0.25, 0.3) is 0 Å². The van der Waals surface area contributed by atoms with Crippen molar-refractivity contribution in [3.63, 3.8) is 0 Å². The Morgan fingerprint density at radius 3 is 1.50 bits per heavy atom. The van der Waals surface area contributed by atoms with Crippen LogP contribution in [0.5, 0.6) is 0 Å². The first kappa shape index (κ1) is 22.8. The molecule has 0 unspecified atom stereocenters. The van der Waals surface area contributed by atoms with Gasteiger partial charge in [0.05, 0.1) is 6.61 Å². The minimum atomic E-state index is -2.72. The molecule has 0 atom stereocenters. The van der Waals surface area contributed by atoms with E-state index in [4.69, 9.17) is 9.16 Å². The number of carbonyl (C=O) groups is 2. The van der Waals surface area contributed by atoms with Crippen molar-refractivity contribution in [1.82, 2.24) is 0 Å². The molecule has 0 aliphatic rings. The van der Waals surface area contributed by atoms with Crippen LogP contribution in [0.1, 0.15) is 75.7 Å². The van der Waals surface area contributed by atoms with E-state index in [0.717, 1.165) is 0 Å². The maximum Gasteiger partial charge on any atom is 0.452 e. The molecule has 0 aliphatic carbocycles. The van der Waals surface area contributed by atoms with Crippen LogP contribution in [0.3, 0.4) is 0 Å². The summed E-state index contributed by atoms with van der Waals surface area (Å²) in [5.41, 5.74) is 0. The molecule has 0 aliphatic heterocycles. The van der Waals surface area contributed by atoms with Gasteiger partial charge in [-0.05, 0) is 21.5 Å². The number of hydrogen-bond acceptors (Lipinski definition) is 4. The predicted octanol–water partition coefficient (Wildman–Crippen LogP) is 6.47. The van der Waals surface area contributed by atoms with E-state index in [1.54, 1.807) is 0 Å². The summed E-state index contributed by atoms with van der Waals surface area (Å²) >= 11 is 0. The lowest BCUT2D eigenvalue weighted by atomic mass is 10.2. The lowest BCUT2D eigenvalue weighted by molar-refractivity contribution is 0.153. The van der Waals surface area contributed by atoms with Crippen LogP contribution in [-0.2, 0) is 9.16 Å². The van der Waals surface area contributed by atoms with Crippen molar-refractivity contribution in [2.24, 2.45) is 10.2 Å². The number of hydrogen-bond donors (Lipinski definition) is 0. The smallest absolute Gasteiger partial charge is 0.452 e. The van der Waals surface area contributed by atoms with E-state index in [1.165, 1.54) is 0 Å². The van der Waals surface area contributed by atoms with Gasteiger partial charge < -0.3 is 9.16 Å². The summed E-state index contributed by atoms with van der Waals surface area (Å²) in [5, 5.41) is 6.06. The molecule has 0 heterocycles. The molecule has 24 heavy (non-hydrogen) atoms. The van der Waals surface area contributed by atoms with E-state index in [2.05, 4.69) is 72.5 Å². The highest BCUT2D eigenvalue weighted by Gasteiger charge is 2.64. The van der Waals surface area contributed by atoms with E-state index >= 15 is 0 Å². The number of nitrogens with zero attached hydrogens (tertiary/aromatic N) is 2. The maximum absolute atomic E-state index is 12.3. The Morgan fingerprint density at radius 1 is 0.792 bits per heavy atom. The highest BCUT2D eigenvalue weighted by Crippen LogP contribution is 2.62. The van der Waals surface area contributed by atoms with Crippen molar-refractivity contribution in [3.05, 3.63) is 0 Å². The van der Waals surface area contributed by atoms with Crippen molar-refractivity contribution >= 4 is 20.5 Å². The van der Waals surface area contributed by atoms with Gasteiger partial charge in [-0.2, -0.15) is 0 Å². The highest BCUT2D eigenvalue weighted by atomic mass is 28.4. The molecule has 0 radical (unpaired) electrons. The lowest BCUT2D eigenvalue weighted by Crippen LogP contribution is -2.61. The monoisotopic (exact) mass is 358 g/mol. The second-order valence-corrected chi connectivity index (χ2v) is 15.2. The summed E-state index contributed by atoms with van der Waals surface area (Å²) in [6.45, 7) is 21.0. The number of carbonyl (C=O) groups excluding carboxylic acids is 2. The van der Waals surface area contributed by atoms with Gasteiger partial charge >= 0.3 is 12.2 Å². The Hall–Kier alpha value is -1.24. The number of ether oxygens (including phenoxy) is 1. The Morgan fingerprint density at radius 2 is 1.17 bits per heavy atom. The molecular formula is C17H34N2O4Si. The molecule has 0 spiro atoms. The summed E-state index contributed by atoms with van der Waals surface area (Å²) in [4.78, 5) is 23.7. The van der Waals surface area contributed by atoms with Crippen LogP contribution >= 0.6 is 0 Å². The molecule has 0 saturated heterocycles. The number of rotatable bonds is 3. The largest absolute Gasteiger partial charge is 0.499 e. The van der Waals surface area contributed by atoms with E-state index in [9.17, 15) is 9.59 Å². The van der Waals surface area contributed by atoms with Crippen molar-refractivity contribution in [3.8, 4) is 0 Å². The zero-order valence-corrected chi connectivity index (χ0v) is 17.9. The van der Waals surface area contributed by atoms with Gasteiger partial charge in [0.15, 0.2) is 0 Å². The van der Waals surface area contributed by atoms with Crippen LogP contribution in [-0.4, -0.2) is 27.1 Å². The standard InChI is InChI=1S/C17H34N2O4Si/c1-11-12-22-13(20)18-19-14(21)23-24(15(2,3)4,16(5,6)7)17(8,9)10/h11-12H2,1-10H3/b19-18+. The van der Waals surface area contributed by atoms with Crippen LogP contribution in [0.4, 0.5) is 9.59 Å². The van der Waals surface area contributed by atoms with Gasteiger partial charge in [-0.25, -0.2) is 9.59 Å². The van der Waals surface area contributed by atoms with Gasteiger partial charge in [0, 0.05) is 0 Å². The Balaban J connectivity index is 5.63. The minimum absolute atomic E-state index is 0.225. The fourth-order valence-electron chi connectivity index (χ4n) is 4.29. The predicted molar refractivity (Wildman–Crippen MR) is 97.9 cm³/mol. The zero-order chi connectivity index (χ0) is 19.4. The fourth-order valence-corrected chi connectivity index (χ4v) is 12.3. The third-order valence-electron chi connectivity index (χ3n) is 4.05. The molecule has 0 aromatic rings. The molecule has 0 bridgehead atoms. The van der Waals surface area contributed by atoms with Crippen molar-refractivity contribution in [1.29, 1.82) is 0 Å². The normalized spacial score (nSPS) is 13.9. The Kier molecular flexibility index (Phi) is 7.36. The fraction of sp³-hybridized carbons (Fsp3) is 0.882. The summed E-state index contributed by atoms with van der Waals surface area (Å²) in [6.07, 6.45) is -1.02. The first-order chi connectivity index (χ1) is 10.6. The maximum atomic E-state index is 12.3. The van der Waals surface area contributed by atoms with Crippen LogP contribution < -0.4 is 0 Å². The van der Waals surface area contributed by atoms with Gasteiger partial charge in [-0.1, -0.05) is 79.5 Å². The average Bonchev–Trinajstić information content (AvgIpc) is 2.35. The average molecular weight is 359 g/mol. The quantitative estimate of drug-likeness (QED) is 0.428. The molecule has 0 saturated carbocycles. The number of amides is 2. The van der Waals surface area contributed by atoms with E-state index < -0.39 is 20.5 Å². The molecule has 0 rings (SSSR count). The molecule has 2 amide bonds. The molecule has 7 heteroatoms. The third kappa shape index (κ3) is 5.13. The topological polar surface area (TPSA) is 77.3 Å². The second-order valence-electron chi connectivity index (χ2n) is 9.11. The van der Waals surface area contributed by atoms with Crippen LogP contribution in [0, 0.1) is 0 Å². The summed E-state index contributed by atoms with van der Waals surface area (Å²) in [7, 11) is -2.72. The van der Waals surface area contributed by atoms with Crippen LogP contribution in [0.15, 0.2) is 10.2 Å². The van der Waals surface area contributed by atoms with Gasteiger partial charge in [0.1, 0.15) is 0 Å².